The fourth-order valence-electron chi connectivity index (χ4n) is 1.96. The van der Waals surface area contributed by atoms with Gasteiger partial charge in [0.2, 0.25) is 0 Å². The van der Waals surface area contributed by atoms with Gasteiger partial charge in [0.25, 0.3) is 5.91 Å². The van der Waals surface area contributed by atoms with Crippen molar-refractivity contribution >= 4 is 44.9 Å². The van der Waals surface area contributed by atoms with E-state index in [4.69, 9.17) is 0 Å². The number of para-hydroxylation sites is 1. The third kappa shape index (κ3) is 4.18. The number of hydrogen-bond acceptors (Lipinski definition) is 5. The molecular weight excluding hydrogens is 326 g/mol. The van der Waals surface area contributed by atoms with Gasteiger partial charge in [0.1, 0.15) is 0 Å². The molecule has 0 radical (unpaired) electrons. The van der Waals surface area contributed by atoms with Gasteiger partial charge in [-0.15, -0.1) is 11.3 Å². The second kappa shape index (κ2) is 7.39. The van der Waals surface area contributed by atoms with Crippen molar-refractivity contribution in [3.8, 4) is 0 Å². The highest BCUT2D eigenvalue weighted by Crippen LogP contribution is 2.28. The Balaban J connectivity index is 1.55. The fourth-order valence-corrected chi connectivity index (χ4v) is 3.82. The smallest absolute Gasteiger partial charge is 0.250 e. The minimum absolute atomic E-state index is 0.135. The maximum atomic E-state index is 11.9. The Hall–Kier alpha value is -2.18. The van der Waals surface area contributed by atoms with Crippen molar-refractivity contribution in [1.29, 1.82) is 0 Å². The SMILES string of the molecule is C/C(=N\NC(=O)CSc1nc2ccccc2s1)c1ccccc1. The number of hydrazone groups is 1. The molecule has 23 heavy (non-hydrogen) atoms. The summed E-state index contributed by atoms with van der Waals surface area (Å²) in [5, 5.41) is 4.14. The number of rotatable bonds is 5. The summed E-state index contributed by atoms with van der Waals surface area (Å²) >= 11 is 3.02. The number of carbonyl (C=O) groups excluding carboxylic acids is 1. The molecule has 0 unspecified atom stereocenters. The molecule has 0 bridgehead atoms. The molecule has 2 aromatic carbocycles. The maximum Gasteiger partial charge on any atom is 0.250 e. The van der Waals surface area contributed by atoms with Gasteiger partial charge in [-0.05, 0) is 24.6 Å². The minimum atomic E-state index is -0.135. The average molecular weight is 341 g/mol. The summed E-state index contributed by atoms with van der Waals surface area (Å²) in [6.45, 7) is 1.87. The number of hydrogen-bond donors (Lipinski definition) is 1. The molecule has 4 nitrogen and oxygen atoms in total. The first-order chi connectivity index (χ1) is 11.2. The molecule has 1 heterocycles. The molecule has 0 aliphatic heterocycles. The second-order valence-electron chi connectivity index (χ2n) is 4.83. The van der Waals surface area contributed by atoms with Crippen molar-refractivity contribution in [3.63, 3.8) is 0 Å². The van der Waals surface area contributed by atoms with E-state index in [0.717, 1.165) is 25.8 Å². The number of thioether (sulfide) groups is 1. The Morgan fingerprint density at radius 2 is 1.91 bits per heavy atom. The van der Waals surface area contributed by atoms with E-state index >= 15 is 0 Å². The number of amides is 1. The molecule has 1 N–H and O–H groups in total. The second-order valence-corrected chi connectivity index (χ2v) is 7.09. The van der Waals surface area contributed by atoms with E-state index in [9.17, 15) is 4.79 Å². The summed E-state index contributed by atoms with van der Waals surface area (Å²) in [6, 6.07) is 17.7. The predicted octanol–water partition coefficient (Wildman–Crippen LogP) is 3.93. The number of benzene rings is 2. The molecular formula is C17H15N3OS2. The van der Waals surface area contributed by atoms with Gasteiger partial charge in [-0.25, -0.2) is 10.4 Å². The average Bonchev–Trinajstić information content (AvgIpc) is 3.01. The van der Waals surface area contributed by atoms with Gasteiger partial charge in [0.15, 0.2) is 4.34 Å². The summed E-state index contributed by atoms with van der Waals surface area (Å²) in [6.07, 6.45) is 0. The van der Waals surface area contributed by atoms with Crippen molar-refractivity contribution in [2.24, 2.45) is 5.10 Å². The van der Waals surface area contributed by atoms with Crippen LogP contribution in [0.4, 0.5) is 0 Å². The number of carbonyl (C=O) groups is 1. The van der Waals surface area contributed by atoms with Crippen LogP contribution in [-0.2, 0) is 4.79 Å². The van der Waals surface area contributed by atoms with Crippen LogP contribution in [0.2, 0.25) is 0 Å². The van der Waals surface area contributed by atoms with Crippen LogP contribution in [-0.4, -0.2) is 22.4 Å². The monoisotopic (exact) mass is 341 g/mol. The van der Waals surface area contributed by atoms with Gasteiger partial charge in [0.05, 0.1) is 21.7 Å². The molecule has 0 aliphatic carbocycles. The Labute approximate surface area is 142 Å². The predicted molar refractivity (Wildman–Crippen MR) is 97.1 cm³/mol. The Bertz CT molecular complexity index is 810. The molecule has 0 fully saturated rings. The van der Waals surface area contributed by atoms with E-state index in [1.54, 1.807) is 11.3 Å². The van der Waals surface area contributed by atoms with Crippen molar-refractivity contribution in [2.75, 3.05) is 5.75 Å². The molecule has 3 rings (SSSR count). The lowest BCUT2D eigenvalue weighted by molar-refractivity contribution is -0.118. The van der Waals surface area contributed by atoms with Crippen LogP contribution < -0.4 is 5.43 Å². The molecule has 0 saturated heterocycles. The van der Waals surface area contributed by atoms with Gasteiger partial charge < -0.3 is 0 Å². The van der Waals surface area contributed by atoms with E-state index in [0.29, 0.717) is 5.75 Å². The molecule has 0 saturated carbocycles. The normalized spacial score (nSPS) is 11.6. The van der Waals surface area contributed by atoms with Gasteiger partial charge in [-0.2, -0.15) is 5.10 Å². The number of thiazole rings is 1. The lowest BCUT2D eigenvalue weighted by Gasteiger charge is -2.02. The van der Waals surface area contributed by atoms with Crippen LogP contribution in [0.5, 0.6) is 0 Å². The highest BCUT2D eigenvalue weighted by atomic mass is 32.2. The van der Waals surface area contributed by atoms with Gasteiger partial charge >= 0.3 is 0 Å². The van der Waals surface area contributed by atoms with Crippen LogP contribution in [0.1, 0.15) is 12.5 Å². The third-order valence-corrected chi connectivity index (χ3v) is 5.32. The number of nitrogens with one attached hydrogen (secondary N) is 1. The summed E-state index contributed by atoms with van der Waals surface area (Å²) in [5.74, 6) is 0.162. The highest BCUT2D eigenvalue weighted by molar-refractivity contribution is 8.01. The molecule has 0 atom stereocenters. The number of fused-ring (bicyclic) bond motifs is 1. The van der Waals surface area contributed by atoms with Crippen LogP contribution in [0.15, 0.2) is 64.0 Å². The van der Waals surface area contributed by atoms with Crippen LogP contribution in [0.3, 0.4) is 0 Å². The lowest BCUT2D eigenvalue weighted by Crippen LogP contribution is -2.21. The first-order valence-corrected chi connectivity index (χ1v) is 8.89. The zero-order valence-corrected chi connectivity index (χ0v) is 14.2. The summed E-state index contributed by atoms with van der Waals surface area (Å²) in [5.41, 5.74) is 5.33. The van der Waals surface area contributed by atoms with E-state index in [2.05, 4.69) is 15.5 Å². The first kappa shape index (κ1) is 15.7. The topological polar surface area (TPSA) is 54.4 Å². The zero-order valence-electron chi connectivity index (χ0n) is 12.5. The van der Waals surface area contributed by atoms with Gasteiger partial charge in [-0.3, -0.25) is 4.79 Å². The number of nitrogens with zero attached hydrogens (tertiary/aromatic N) is 2. The van der Waals surface area contributed by atoms with Gasteiger partial charge in [0, 0.05) is 0 Å². The molecule has 0 aliphatic rings. The molecule has 6 heteroatoms. The Morgan fingerprint density at radius 1 is 1.17 bits per heavy atom. The van der Waals surface area contributed by atoms with Crippen molar-refractivity contribution < 1.29 is 4.79 Å². The van der Waals surface area contributed by atoms with Crippen molar-refractivity contribution in [1.82, 2.24) is 10.4 Å². The highest BCUT2D eigenvalue weighted by Gasteiger charge is 2.07. The maximum absolute atomic E-state index is 11.9. The summed E-state index contributed by atoms with van der Waals surface area (Å²) < 4.78 is 2.03. The Morgan fingerprint density at radius 3 is 2.70 bits per heavy atom. The van der Waals surface area contributed by atoms with Crippen LogP contribution in [0.25, 0.3) is 10.2 Å². The van der Waals surface area contributed by atoms with Crippen LogP contribution >= 0.6 is 23.1 Å². The quantitative estimate of drug-likeness (QED) is 0.435. The van der Waals surface area contributed by atoms with E-state index < -0.39 is 0 Å². The standard InChI is InChI=1S/C17H15N3OS2/c1-12(13-7-3-2-4-8-13)19-20-16(21)11-22-17-18-14-9-5-6-10-15(14)23-17/h2-10H,11H2,1H3,(H,20,21)/b19-12+. The van der Waals surface area contributed by atoms with Crippen LogP contribution in [0, 0.1) is 0 Å². The molecule has 1 amide bonds. The molecule has 1 aromatic heterocycles. The molecule has 116 valence electrons. The molecule has 0 spiro atoms. The zero-order chi connectivity index (χ0) is 16.1. The summed E-state index contributed by atoms with van der Waals surface area (Å²) in [4.78, 5) is 16.4. The third-order valence-electron chi connectivity index (χ3n) is 3.14. The fraction of sp³-hybridized carbons (Fsp3) is 0.118. The minimum Gasteiger partial charge on any atom is -0.272 e. The van der Waals surface area contributed by atoms with Gasteiger partial charge in [-0.1, -0.05) is 54.2 Å². The van der Waals surface area contributed by atoms with E-state index in [-0.39, 0.29) is 5.91 Å². The Kier molecular flexibility index (Phi) is 5.05. The largest absolute Gasteiger partial charge is 0.272 e. The van der Waals surface area contributed by atoms with Crippen molar-refractivity contribution in [2.45, 2.75) is 11.3 Å². The number of aromatic nitrogens is 1. The summed E-state index contributed by atoms with van der Waals surface area (Å²) in [7, 11) is 0. The van der Waals surface area contributed by atoms with E-state index in [1.807, 2.05) is 61.5 Å². The van der Waals surface area contributed by atoms with Crippen molar-refractivity contribution in [3.05, 3.63) is 60.2 Å². The van der Waals surface area contributed by atoms with E-state index in [1.165, 1.54) is 11.8 Å². The lowest BCUT2D eigenvalue weighted by atomic mass is 10.1. The first-order valence-electron chi connectivity index (χ1n) is 7.09. The molecule has 3 aromatic rings.